The Morgan fingerprint density at radius 1 is 1.00 bits per heavy atom. The average molecular weight is 464 g/mol. The summed E-state index contributed by atoms with van der Waals surface area (Å²) < 4.78 is 16.0. The molecule has 10 heteroatoms. The number of nitrogens with one attached hydrogen (secondary N) is 3. The van der Waals surface area contributed by atoms with E-state index in [2.05, 4.69) is 16.0 Å². The SMILES string of the molecule is CCOc1ccc(C(=O)NCC(=O)OC(C)C(=O)NC(=O)NC2CCCCC2)cc1OCC. The zero-order valence-corrected chi connectivity index (χ0v) is 19.4. The highest BCUT2D eigenvalue weighted by atomic mass is 16.5. The number of imide groups is 1. The summed E-state index contributed by atoms with van der Waals surface area (Å²) in [5.41, 5.74) is 0.278. The van der Waals surface area contributed by atoms with Crippen LogP contribution in [0.2, 0.25) is 0 Å². The van der Waals surface area contributed by atoms with Crippen molar-refractivity contribution in [1.29, 1.82) is 0 Å². The Morgan fingerprint density at radius 2 is 1.67 bits per heavy atom. The van der Waals surface area contributed by atoms with E-state index in [0.717, 1.165) is 32.1 Å². The minimum absolute atomic E-state index is 0.0467. The monoisotopic (exact) mass is 463 g/mol. The van der Waals surface area contributed by atoms with Crippen molar-refractivity contribution >= 4 is 23.8 Å². The summed E-state index contributed by atoms with van der Waals surface area (Å²) in [6.45, 7) is 5.41. The fourth-order valence-corrected chi connectivity index (χ4v) is 3.42. The van der Waals surface area contributed by atoms with Crippen LogP contribution < -0.4 is 25.4 Å². The molecule has 1 aromatic rings. The van der Waals surface area contributed by atoms with Crippen LogP contribution >= 0.6 is 0 Å². The van der Waals surface area contributed by atoms with E-state index in [0.29, 0.717) is 24.7 Å². The van der Waals surface area contributed by atoms with Gasteiger partial charge in [-0.25, -0.2) is 4.79 Å². The van der Waals surface area contributed by atoms with Gasteiger partial charge in [-0.3, -0.25) is 19.7 Å². The van der Waals surface area contributed by atoms with E-state index in [-0.39, 0.29) is 11.6 Å². The summed E-state index contributed by atoms with van der Waals surface area (Å²) >= 11 is 0. The van der Waals surface area contributed by atoms with Crippen molar-refractivity contribution in [2.24, 2.45) is 0 Å². The molecule has 0 saturated heterocycles. The lowest BCUT2D eigenvalue weighted by Crippen LogP contribution is -2.48. The van der Waals surface area contributed by atoms with Crippen molar-refractivity contribution < 1.29 is 33.4 Å². The second-order valence-corrected chi connectivity index (χ2v) is 7.64. The van der Waals surface area contributed by atoms with Gasteiger partial charge in [-0.15, -0.1) is 0 Å². The lowest BCUT2D eigenvalue weighted by atomic mass is 9.96. The van der Waals surface area contributed by atoms with Crippen LogP contribution in [-0.2, 0) is 14.3 Å². The molecule has 0 heterocycles. The van der Waals surface area contributed by atoms with Gasteiger partial charge in [0.1, 0.15) is 6.54 Å². The molecule has 10 nitrogen and oxygen atoms in total. The second-order valence-electron chi connectivity index (χ2n) is 7.64. The van der Waals surface area contributed by atoms with Crippen molar-refractivity contribution in [3.8, 4) is 11.5 Å². The molecule has 0 aromatic heterocycles. The van der Waals surface area contributed by atoms with Crippen LogP contribution in [0.4, 0.5) is 4.79 Å². The minimum atomic E-state index is -1.19. The van der Waals surface area contributed by atoms with Gasteiger partial charge in [-0.2, -0.15) is 0 Å². The molecule has 33 heavy (non-hydrogen) atoms. The normalized spacial score (nSPS) is 14.5. The van der Waals surface area contributed by atoms with Crippen LogP contribution in [0.1, 0.15) is 63.2 Å². The Morgan fingerprint density at radius 3 is 2.33 bits per heavy atom. The summed E-state index contributed by atoms with van der Waals surface area (Å²) in [6, 6.07) is 4.13. The molecule has 1 aliphatic rings. The summed E-state index contributed by atoms with van der Waals surface area (Å²) in [5, 5.41) is 7.37. The Balaban J connectivity index is 1.79. The van der Waals surface area contributed by atoms with E-state index in [1.807, 2.05) is 13.8 Å². The van der Waals surface area contributed by atoms with Crippen LogP contribution in [0.15, 0.2) is 18.2 Å². The molecule has 1 atom stereocenters. The van der Waals surface area contributed by atoms with Crippen molar-refractivity contribution in [2.45, 2.75) is 65.0 Å². The molecule has 1 aromatic carbocycles. The molecule has 2 rings (SSSR count). The third-order valence-electron chi connectivity index (χ3n) is 5.05. The number of hydrogen-bond donors (Lipinski definition) is 3. The third-order valence-corrected chi connectivity index (χ3v) is 5.05. The molecule has 1 fully saturated rings. The first-order chi connectivity index (χ1) is 15.8. The molecule has 4 amide bonds. The molecule has 3 N–H and O–H groups in total. The second kappa shape index (κ2) is 13.3. The first-order valence-electron chi connectivity index (χ1n) is 11.3. The number of carbonyl (C=O) groups excluding carboxylic acids is 4. The highest BCUT2D eigenvalue weighted by molar-refractivity contribution is 5.98. The van der Waals surface area contributed by atoms with Crippen LogP contribution in [0, 0.1) is 0 Å². The molecular formula is C23H33N3O7. The molecule has 182 valence electrons. The van der Waals surface area contributed by atoms with E-state index < -0.39 is 36.5 Å². The smallest absolute Gasteiger partial charge is 0.326 e. The Kier molecular flexibility index (Phi) is 10.5. The Hall–Kier alpha value is -3.30. The zero-order valence-electron chi connectivity index (χ0n) is 19.4. The average Bonchev–Trinajstić information content (AvgIpc) is 2.79. The number of amides is 4. The van der Waals surface area contributed by atoms with Gasteiger partial charge >= 0.3 is 12.0 Å². The predicted molar refractivity (Wildman–Crippen MR) is 120 cm³/mol. The van der Waals surface area contributed by atoms with E-state index in [4.69, 9.17) is 14.2 Å². The first kappa shape index (κ1) is 26.0. The van der Waals surface area contributed by atoms with Gasteiger partial charge in [0.25, 0.3) is 11.8 Å². The maximum absolute atomic E-state index is 12.4. The largest absolute Gasteiger partial charge is 0.490 e. The standard InChI is InChI=1S/C23H33N3O7/c1-4-31-18-12-11-16(13-19(18)32-5-2)22(29)24-14-20(27)33-15(3)21(28)26-23(30)25-17-9-7-6-8-10-17/h11-13,15,17H,4-10,14H2,1-3H3,(H,24,29)(H2,25,26,28,30). The van der Waals surface area contributed by atoms with E-state index in [1.165, 1.54) is 13.0 Å². The summed E-state index contributed by atoms with van der Waals surface area (Å²) in [4.78, 5) is 48.5. The topological polar surface area (TPSA) is 132 Å². The fraction of sp³-hybridized carbons (Fsp3) is 0.565. The van der Waals surface area contributed by atoms with E-state index >= 15 is 0 Å². The Labute approximate surface area is 193 Å². The number of hydrogen-bond acceptors (Lipinski definition) is 7. The minimum Gasteiger partial charge on any atom is -0.490 e. The van der Waals surface area contributed by atoms with Gasteiger partial charge in [-0.1, -0.05) is 19.3 Å². The lowest BCUT2D eigenvalue weighted by molar-refractivity contribution is -0.153. The Bertz CT molecular complexity index is 837. The maximum atomic E-state index is 12.4. The molecule has 0 bridgehead atoms. The number of esters is 1. The molecule has 1 saturated carbocycles. The van der Waals surface area contributed by atoms with E-state index in [1.54, 1.807) is 12.1 Å². The van der Waals surface area contributed by atoms with Gasteiger partial charge < -0.3 is 24.8 Å². The summed E-state index contributed by atoms with van der Waals surface area (Å²) in [5.74, 6) is -1.13. The van der Waals surface area contributed by atoms with Crippen molar-refractivity contribution in [3.63, 3.8) is 0 Å². The van der Waals surface area contributed by atoms with Crippen LogP contribution in [0.25, 0.3) is 0 Å². The number of benzene rings is 1. The van der Waals surface area contributed by atoms with Gasteiger partial charge in [0.05, 0.1) is 13.2 Å². The molecule has 0 aliphatic heterocycles. The van der Waals surface area contributed by atoms with Gasteiger partial charge in [-0.05, 0) is 51.8 Å². The maximum Gasteiger partial charge on any atom is 0.326 e. The van der Waals surface area contributed by atoms with Crippen LogP contribution in [0.3, 0.4) is 0 Å². The molecule has 0 radical (unpaired) electrons. The van der Waals surface area contributed by atoms with Crippen LogP contribution in [-0.4, -0.2) is 55.7 Å². The predicted octanol–water partition coefficient (Wildman–Crippen LogP) is 2.30. The van der Waals surface area contributed by atoms with Crippen molar-refractivity contribution in [1.82, 2.24) is 16.0 Å². The van der Waals surface area contributed by atoms with Gasteiger partial charge in [0.2, 0.25) is 0 Å². The van der Waals surface area contributed by atoms with Gasteiger partial charge in [0, 0.05) is 11.6 Å². The first-order valence-corrected chi connectivity index (χ1v) is 11.3. The number of ether oxygens (including phenoxy) is 3. The fourth-order valence-electron chi connectivity index (χ4n) is 3.42. The van der Waals surface area contributed by atoms with Crippen molar-refractivity contribution in [3.05, 3.63) is 23.8 Å². The zero-order chi connectivity index (χ0) is 24.2. The molecule has 1 aliphatic carbocycles. The molecule has 0 spiro atoms. The lowest BCUT2D eigenvalue weighted by Gasteiger charge is -2.23. The van der Waals surface area contributed by atoms with Gasteiger partial charge in [0.15, 0.2) is 17.6 Å². The highest BCUT2D eigenvalue weighted by Crippen LogP contribution is 2.28. The number of urea groups is 1. The van der Waals surface area contributed by atoms with E-state index in [9.17, 15) is 19.2 Å². The summed E-state index contributed by atoms with van der Waals surface area (Å²) in [6.07, 6.45) is 3.80. The van der Waals surface area contributed by atoms with Crippen molar-refractivity contribution in [2.75, 3.05) is 19.8 Å². The summed E-state index contributed by atoms with van der Waals surface area (Å²) in [7, 11) is 0. The van der Waals surface area contributed by atoms with Crippen LogP contribution in [0.5, 0.6) is 11.5 Å². The third kappa shape index (κ3) is 8.63. The number of rotatable bonds is 10. The quantitative estimate of drug-likeness (QED) is 0.454. The molecule has 1 unspecified atom stereocenters. The highest BCUT2D eigenvalue weighted by Gasteiger charge is 2.22. The number of carbonyl (C=O) groups is 4. The molecular weight excluding hydrogens is 430 g/mol.